The third kappa shape index (κ3) is 4.71. The summed E-state index contributed by atoms with van der Waals surface area (Å²) in [5.41, 5.74) is 3.18. The van der Waals surface area contributed by atoms with Crippen LogP contribution in [-0.2, 0) is 6.54 Å². The Balaban J connectivity index is 2.03. The summed E-state index contributed by atoms with van der Waals surface area (Å²) in [6, 6.07) is 20.6. The lowest BCUT2D eigenvalue weighted by Gasteiger charge is -2.23. The van der Waals surface area contributed by atoms with Crippen LogP contribution in [0.1, 0.15) is 22.7 Å². The Morgan fingerprint density at radius 3 is 2.29 bits per heavy atom. The van der Waals surface area contributed by atoms with Crippen molar-refractivity contribution in [2.45, 2.75) is 12.6 Å². The van der Waals surface area contributed by atoms with Gasteiger partial charge in [-0.15, -0.1) is 0 Å². The van der Waals surface area contributed by atoms with Crippen molar-refractivity contribution in [1.29, 1.82) is 5.26 Å². The van der Waals surface area contributed by atoms with Gasteiger partial charge in [0.15, 0.2) is 0 Å². The molecule has 3 nitrogen and oxygen atoms in total. The number of hydrogen-bond acceptors (Lipinski definition) is 3. The van der Waals surface area contributed by atoms with Gasteiger partial charge in [0.05, 0.1) is 11.6 Å². The molecule has 0 fully saturated rings. The highest BCUT2D eigenvalue weighted by Gasteiger charge is 2.11. The molecule has 0 saturated carbocycles. The van der Waals surface area contributed by atoms with Crippen molar-refractivity contribution in [3.8, 4) is 6.07 Å². The van der Waals surface area contributed by atoms with E-state index in [1.54, 1.807) is 0 Å². The number of nitrogens with zero attached hydrogens (tertiary/aromatic N) is 2. The van der Waals surface area contributed by atoms with E-state index in [9.17, 15) is 0 Å². The first-order valence-electron chi connectivity index (χ1n) is 7.11. The van der Waals surface area contributed by atoms with E-state index in [0.29, 0.717) is 5.56 Å². The fourth-order valence-electron chi connectivity index (χ4n) is 2.28. The van der Waals surface area contributed by atoms with Crippen LogP contribution in [0.4, 0.5) is 0 Å². The molecular formula is C18H21N3. The van der Waals surface area contributed by atoms with E-state index in [2.05, 4.69) is 54.6 Å². The van der Waals surface area contributed by atoms with Crippen LogP contribution < -0.4 is 5.32 Å². The summed E-state index contributed by atoms with van der Waals surface area (Å²) in [5, 5.41) is 12.4. The summed E-state index contributed by atoms with van der Waals surface area (Å²) in [6.45, 7) is 1.74. The minimum Gasteiger partial charge on any atom is -0.308 e. The maximum absolute atomic E-state index is 8.82. The number of benzene rings is 2. The van der Waals surface area contributed by atoms with Gasteiger partial charge >= 0.3 is 0 Å². The highest BCUT2D eigenvalue weighted by atomic mass is 15.1. The Kier molecular flexibility index (Phi) is 5.51. The van der Waals surface area contributed by atoms with Gasteiger partial charge in [0.2, 0.25) is 0 Å². The number of rotatable bonds is 6. The predicted octanol–water partition coefficient (Wildman–Crippen LogP) is 2.95. The highest BCUT2D eigenvalue weighted by Crippen LogP contribution is 2.14. The molecular weight excluding hydrogens is 258 g/mol. The van der Waals surface area contributed by atoms with Crippen molar-refractivity contribution >= 4 is 0 Å². The first-order chi connectivity index (χ1) is 10.2. The number of hydrogen-bond donors (Lipinski definition) is 1. The molecule has 1 N–H and O–H groups in total. The van der Waals surface area contributed by atoms with Gasteiger partial charge in [0, 0.05) is 19.1 Å². The van der Waals surface area contributed by atoms with Crippen LogP contribution in [-0.4, -0.2) is 25.5 Å². The summed E-state index contributed by atoms with van der Waals surface area (Å²) >= 11 is 0. The summed E-state index contributed by atoms with van der Waals surface area (Å²) in [6.07, 6.45) is 0. The van der Waals surface area contributed by atoms with Gasteiger partial charge in [0.25, 0.3) is 0 Å². The van der Waals surface area contributed by atoms with Crippen molar-refractivity contribution < 1.29 is 0 Å². The predicted molar refractivity (Wildman–Crippen MR) is 85.7 cm³/mol. The van der Waals surface area contributed by atoms with Gasteiger partial charge in [-0.25, -0.2) is 0 Å². The minimum atomic E-state index is 0.289. The topological polar surface area (TPSA) is 39.1 Å². The van der Waals surface area contributed by atoms with Crippen molar-refractivity contribution in [3.63, 3.8) is 0 Å². The van der Waals surface area contributed by atoms with Crippen molar-refractivity contribution in [2.24, 2.45) is 0 Å². The van der Waals surface area contributed by atoms with Gasteiger partial charge in [-0.2, -0.15) is 5.26 Å². The summed E-state index contributed by atoms with van der Waals surface area (Å²) < 4.78 is 0. The molecule has 0 aliphatic heterocycles. The van der Waals surface area contributed by atoms with E-state index in [1.165, 1.54) is 11.1 Å². The van der Waals surface area contributed by atoms with Crippen molar-refractivity contribution in [2.75, 3.05) is 20.6 Å². The van der Waals surface area contributed by atoms with Gasteiger partial charge in [0.1, 0.15) is 0 Å². The van der Waals surface area contributed by atoms with E-state index in [-0.39, 0.29) is 6.04 Å². The van der Waals surface area contributed by atoms with Crippen molar-refractivity contribution in [3.05, 3.63) is 71.3 Å². The van der Waals surface area contributed by atoms with Crippen LogP contribution in [0.2, 0.25) is 0 Å². The summed E-state index contributed by atoms with van der Waals surface area (Å²) in [7, 11) is 4.17. The second kappa shape index (κ2) is 7.58. The third-order valence-electron chi connectivity index (χ3n) is 3.39. The molecule has 21 heavy (non-hydrogen) atoms. The van der Waals surface area contributed by atoms with Crippen LogP contribution in [0.5, 0.6) is 0 Å². The Bertz CT molecular complexity index is 582. The zero-order chi connectivity index (χ0) is 15.1. The van der Waals surface area contributed by atoms with Gasteiger partial charge in [-0.3, -0.25) is 0 Å². The van der Waals surface area contributed by atoms with Crippen LogP contribution in [0.15, 0.2) is 54.6 Å². The second-order valence-corrected chi connectivity index (χ2v) is 5.42. The Labute approximate surface area is 126 Å². The fourth-order valence-corrected chi connectivity index (χ4v) is 2.28. The quantitative estimate of drug-likeness (QED) is 0.883. The Morgan fingerprint density at radius 2 is 1.71 bits per heavy atom. The SMILES string of the molecule is CN(C)CC(NCc1ccc(C#N)cc1)c1ccccc1. The smallest absolute Gasteiger partial charge is 0.0991 e. The molecule has 0 aliphatic carbocycles. The molecule has 1 unspecified atom stereocenters. The lowest BCUT2D eigenvalue weighted by Crippen LogP contribution is -2.30. The van der Waals surface area contributed by atoms with E-state index in [0.717, 1.165) is 13.1 Å². The normalized spacial score (nSPS) is 12.1. The maximum atomic E-state index is 8.82. The molecule has 0 bridgehead atoms. The zero-order valence-electron chi connectivity index (χ0n) is 12.6. The largest absolute Gasteiger partial charge is 0.308 e. The average Bonchev–Trinajstić information content (AvgIpc) is 2.52. The molecule has 0 aliphatic rings. The van der Waals surface area contributed by atoms with Gasteiger partial charge in [-0.1, -0.05) is 42.5 Å². The highest BCUT2D eigenvalue weighted by molar-refractivity contribution is 5.31. The summed E-state index contributed by atoms with van der Waals surface area (Å²) in [4.78, 5) is 2.18. The average molecular weight is 279 g/mol. The molecule has 0 spiro atoms. The third-order valence-corrected chi connectivity index (χ3v) is 3.39. The molecule has 1 atom stereocenters. The van der Waals surface area contributed by atoms with E-state index < -0.39 is 0 Å². The van der Waals surface area contributed by atoms with Crippen LogP contribution in [0.3, 0.4) is 0 Å². The van der Waals surface area contributed by atoms with Crippen LogP contribution >= 0.6 is 0 Å². The van der Waals surface area contributed by atoms with E-state index >= 15 is 0 Å². The lowest BCUT2D eigenvalue weighted by molar-refractivity contribution is 0.340. The Morgan fingerprint density at radius 1 is 1.05 bits per heavy atom. The minimum absolute atomic E-state index is 0.289. The van der Waals surface area contributed by atoms with E-state index in [1.807, 2.05) is 30.3 Å². The van der Waals surface area contributed by atoms with Gasteiger partial charge in [-0.05, 0) is 37.4 Å². The molecule has 0 saturated heterocycles. The number of nitrogens with one attached hydrogen (secondary N) is 1. The number of nitriles is 1. The van der Waals surface area contributed by atoms with Crippen LogP contribution in [0.25, 0.3) is 0 Å². The van der Waals surface area contributed by atoms with Gasteiger partial charge < -0.3 is 10.2 Å². The first kappa shape index (κ1) is 15.2. The molecule has 108 valence electrons. The maximum Gasteiger partial charge on any atom is 0.0991 e. The molecule has 0 radical (unpaired) electrons. The standard InChI is InChI=1S/C18H21N3/c1-21(2)14-18(17-6-4-3-5-7-17)20-13-16-10-8-15(12-19)9-11-16/h3-11,18,20H,13-14H2,1-2H3. The molecule has 3 heteroatoms. The summed E-state index contributed by atoms with van der Waals surface area (Å²) in [5.74, 6) is 0. The molecule has 0 heterocycles. The van der Waals surface area contributed by atoms with Crippen molar-refractivity contribution in [1.82, 2.24) is 10.2 Å². The molecule has 2 rings (SSSR count). The number of likely N-dealkylation sites (N-methyl/N-ethyl adjacent to an activating group) is 1. The molecule has 0 amide bonds. The second-order valence-electron chi connectivity index (χ2n) is 5.42. The zero-order valence-corrected chi connectivity index (χ0v) is 12.6. The fraction of sp³-hybridized carbons (Fsp3) is 0.278. The monoisotopic (exact) mass is 279 g/mol. The molecule has 0 aromatic heterocycles. The lowest BCUT2D eigenvalue weighted by atomic mass is 10.1. The van der Waals surface area contributed by atoms with E-state index in [4.69, 9.17) is 5.26 Å². The first-order valence-corrected chi connectivity index (χ1v) is 7.11. The van der Waals surface area contributed by atoms with Crippen LogP contribution in [0, 0.1) is 11.3 Å². The Hall–Kier alpha value is -2.15. The molecule has 2 aromatic carbocycles. The molecule has 2 aromatic rings.